The first-order valence-corrected chi connectivity index (χ1v) is 10.1. The van der Waals surface area contributed by atoms with E-state index < -0.39 is 0 Å². The summed E-state index contributed by atoms with van der Waals surface area (Å²) in [4.78, 5) is 15.9. The number of anilines is 2. The molecule has 3 aliphatic heterocycles. The van der Waals surface area contributed by atoms with Crippen LogP contribution in [0.15, 0.2) is 12.1 Å². The Kier molecular flexibility index (Phi) is 9.10. The smallest absolute Gasteiger partial charge is 0.393 e. The van der Waals surface area contributed by atoms with Crippen molar-refractivity contribution in [3.05, 3.63) is 24.3 Å². The monoisotopic (exact) mass is 748 g/mol. The van der Waals surface area contributed by atoms with E-state index in [-0.39, 0.29) is 68.0 Å². The van der Waals surface area contributed by atoms with Gasteiger partial charge in [-0.05, 0) is 0 Å². The molecule has 1 aromatic rings. The van der Waals surface area contributed by atoms with Gasteiger partial charge in [-0.2, -0.15) is 5.69 Å². The third kappa shape index (κ3) is 4.76. The summed E-state index contributed by atoms with van der Waals surface area (Å²) < 4.78 is 14.2. The van der Waals surface area contributed by atoms with Crippen LogP contribution in [0.5, 0.6) is 0 Å². The SMILES string of the molecule is O=C1OC(CI)CN1c1c[c-]c(N2CCOC3CN(P)CC32)[c-]c1.[U].[V]. The van der Waals surface area contributed by atoms with E-state index in [0.29, 0.717) is 12.6 Å². The summed E-state index contributed by atoms with van der Waals surface area (Å²) in [7, 11) is 2.76. The number of hydrogen-bond acceptors (Lipinski definition) is 5. The van der Waals surface area contributed by atoms with Crippen molar-refractivity contribution in [1.82, 2.24) is 4.67 Å². The van der Waals surface area contributed by atoms with E-state index in [1.807, 2.05) is 12.1 Å². The fourth-order valence-corrected chi connectivity index (χ4v) is 4.38. The number of fused-ring (bicyclic) bond motifs is 1. The number of morpholine rings is 1. The van der Waals surface area contributed by atoms with Gasteiger partial charge in [0.25, 0.3) is 0 Å². The van der Waals surface area contributed by atoms with Gasteiger partial charge in [0.15, 0.2) is 0 Å². The number of halogens is 1. The number of carbonyl (C=O) groups excluding carboxylic acids is 1. The first-order chi connectivity index (χ1) is 11.7. The number of ether oxygens (including phenoxy) is 2. The predicted octanol–water partition coefficient (Wildman–Crippen LogP) is 1.72. The van der Waals surface area contributed by atoms with Crippen molar-refractivity contribution in [2.24, 2.45) is 0 Å². The maximum Gasteiger partial charge on any atom is 0.393 e. The Morgan fingerprint density at radius 3 is 2.65 bits per heavy atom. The van der Waals surface area contributed by atoms with Gasteiger partial charge in [-0.1, -0.05) is 32.0 Å². The molecule has 4 unspecified atom stereocenters. The van der Waals surface area contributed by atoms with Crippen LogP contribution in [-0.2, 0) is 28.0 Å². The molecule has 139 valence electrons. The van der Waals surface area contributed by atoms with Crippen LogP contribution < -0.4 is 9.80 Å². The number of rotatable bonds is 3. The summed E-state index contributed by atoms with van der Waals surface area (Å²) in [5.74, 6) is 0. The largest absolute Gasteiger partial charge is 0.445 e. The molecule has 26 heavy (non-hydrogen) atoms. The number of nitrogens with zero attached hydrogens (tertiary/aromatic N) is 3. The number of cyclic esters (lactones) is 1. The summed E-state index contributed by atoms with van der Waals surface area (Å²) in [5.41, 5.74) is 1.73. The quantitative estimate of drug-likeness (QED) is 0.204. The van der Waals surface area contributed by atoms with E-state index in [2.05, 4.69) is 53.7 Å². The minimum Gasteiger partial charge on any atom is -0.445 e. The van der Waals surface area contributed by atoms with Crippen molar-refractivity contribution in [2.45, 2.75) is 18.2 Å². The van der Waals surface area contributed by atoms with Gasteiger partial charge in [0, 0.05) is 80.3 Å². The van der Waals surface area contributed by atoms with E-state index in [4.69, 9.17) is 9.47 Å². The molecule has 6 nitrogen and oxygen atoms in total. The predicted molar refractivity (Wildman–Crippen MR) is 103 cm³/mol. The zero-order chi connectivity index (χ0) is 16.7. The Morgan fingerprint density at radius 2 is 2.00 bits per heavy atom. The third-order valence-corrected chi connectivity index (χ3v) is 6.09. The zero-order valence-electron chi connectivity index (χ0n) is 14.1. The summed E-state index contributed by atoms with van der Waals surface area (Å²) in [6.07, 6.45) is -0.0907. The van der Waals surface area contributed by atoms with Gasteiger partial charge in [-0.15, -0.1) is 0 Å². The molecule has 3 fully saturated rings. The molecular formula is C16H19IN3O3PUV-2. The van der Waals surface area contributed by atoms with Gasteiger partial charge in [-0.25, -0.2) is 10.5 Å². The zero-order valence-corrected chi connectivity index (χ0v) is 23.0. The maximum absolute atomic E-state index is 12.0. The molecule has 0 bridgehead atoms. The first kappa shape index (κ1) is 23.3. The van der Waals surface area contributed by atoms with Crippen LogP contribution in [-0.4, -0.2) is 66.2 Å². The van der Waals surface area contributed by atoms with E-state index in [1.165, 1.54) is 0 Å². The van der Waals surface area contributed by atoms with E-state index in [0.717, 1.165) is 42.0 Å². The number of hydrogen-bond donors (Lipinski definition) is 0. The van der Waals surface area contributed by atoms with Gasteiger partial charge in [0.1, 0.15) is 6.10 Å². The molecule has 0 spiro atoms. The van der Waals surface area contributed by atoms with Crippen molar-refractivity contribution in [2.75, 3.05) is 47.0 Å². The average Bonchev–Trinajstić information content (AvgIpc) is 3.16. The number of amides is 1. The molecule has 3 aliphatic rings. The summed E-state index contributed by atoms with van der Waals surface area (Å²) in [6.45, 7) is 4.04. The van der Waals surface area contributed by atoms with Crippen LogP contribution in [0.1, 0.15) is 0 Å². The van der Waals surface area contributed by atoms with Crippen LogP contribution in [0.25, 0.3) is 0 Å². The molecule has 4 atom stereocenters. The Balaban J connectivity index is 0.00000121. The van der Waals surface area contributed by atoms with Crippen molar-refractivity contribution < 1.29 is 63.9 Å². The third-order valence-electron chi connectivity index (χ3n) is 4.69. The van der Waals surface area contributed by atoms with E-state index in [9.17, 15) is 4.79 Å². The molecule has 0 saturated carbocycles. The average molecular weight is 748 g/mol. The molecule has 1 aromatic carbocycles. The second-order valence-corrected chi connectivity index (χ2v) is 7.86. The molecule has 1 radical (unpaired) electrons. The minimum absolute atomic E-state index is 0. The van der Waals surface area contributed by atoms with Crippen LogP contribution in [0.4, 0.5) is 16.2 Å². The van der Waals surface area contributed by atoms with Gasteiger partial charge in [0.05, 0.1) is 18.8 Å². The second-order valence-electron chi connectivity index (χ2n) is 6.25. The number of carbonyl (C=O) groups is 1. The molecule has 10 heteroatoms. The molecular weight excluding hydrogens is 729 g/mol. The van der Waals surface area contributed by atoms with Crippen LogP contribution >= 0.6 is 32.0 Å². The van der Waals surface area contributed by atoms with Crippen molar-refractivity contribution in [3.63, 3.8) is 0 Å². The molecule has 4 rings (SSSR count). The topological polar surface area (TPSA) is 45.3 Å². The molecule has 0 aromatic heterocycles. The van der Waals surface area contributed by atoms with Gasteiger partial charge in [-0.3, -0.25) is 16.8 Å². The van der Waals surface area contributed by atoms with Gasteiger partial charge >= 0.3 is 6.09 Å². The van der Waals surface area contributed by atoms with Crippen LogP contribution in [0.2, 0.25) is 0 Å². The Labute approximate surface area is 205 Å². The maximum atomic E-state index is 12.0. The van der Waals surface area contributed by atoms with Crippen LogP contribution in [0, 0.1) is 43.2 Å². The molecule has 3 saturated heterocycles. The van der Waals surface area contributed by atoms with Crippen LogP contribution in [0.3, 0.4) is 0 Å². The molecule has 3 heterocycles. The molecule has 0 aliphatic carbocycles. The summed E-state index contributed by atoms with van der Waals surface area (Å²) in [6, 6.07) is 10.7. The number of benzene rings is 1. The Hall–Kier alpha value is 1.01. The van der Waals surface area contributed by atoms with Gasteiger partial charge in [0.2, 0.25) is 0 Å². The van der Waals surface area contributed by atoms with Crippen molar-refractivity contribution in [1.29, 1.82) is 0 Å². The van der Waals surface area contributed by atoms with E-state index in [1.54, 1.807) is 4.90 Å². The van der Waals surface area contributed by atoms with Crippen molar-refractivity contribution in [3.8, 4) is 0 Å². The fourth-order valence-electron chi connectivity index (χ4n) is 3.50. The Morgan fingerprint density at radius 1 is 1.27 bits per heavy atom. The standard InChI is InChI=1S/C16H19IN3O3P.U.V/c17-7-13-8-20(16(21)23-13)12-3-1-11(2-4-12)19-5-6-22-15-10-18(24)9-14(15)19;;/h3-4,13-15H,5-10,24H2;;/q-2;;. The minimum atomic E-state index is -0.285. The Bertz CT molecular complexity index is 629. The summed E-state index contributed by atoms with van der Waals surface area (Å²) in [5, 5.41) is 0. The second kappa shape index (κ2) is 10.2. The van der Waals surface area contributed by atoms with Gasteiger partial charge < -0.3 is 31.4 Å². The first-order valence-electron chi connectivity index (χ1n) is 8.01. The molecule has 0 N–H and O–H groups in total. The molecule has 1 amide bonds. The van der Waals surface area contributed by atoms with E-state index >= 15 is 0 Å². The summed E-state index contributed by atoms with van der Waals surface area (Å²) >= 11 is 2.24. The number of alkyl halides is 1. The van der Waals surface area contributed by atoms with Crippen molar-refractivity contribution >= 4 is 49.4 Å². The fraction of sp³-hybridized carbons (Fsp3) is 0.562. The normalized spacial score (nSPS) is 28.2.